The molecule has 2 N–H and O–H groups in total. The maximum absolute atomic E-state index is 9.08. The van der Waals surface area contributed by atoms with Crippen LogP contribution in [0.15, 0.2) is 24.3 Å². The van der Waals surface area contributed by atoms with Crippen LogP contribution in [0.25, 0.3) is 0 Å². The Balaban J connectivity index is 2.45. The van der Waals surface area contributed by atoms with Gasteiger partial charge in [-0.3, -0.25) is 0 Å². The highest BCUT2D eigenvalue weighted by molar-refractivity contribution is 5.22. The molecule has 17 heavy (non-hydrogen) atoms. The highest BCUT2D eigenvalue weighted by Crippen LogP contribution is 2.10. The lowest BCUT2D eigenvalue weighted by atomic mass is 10.0. The Morgan fingerprint density at radius 2 is 1.71 bits per heavy atom. The Bertz CT molecular complexity index is 301. The smallest absolute Gasteiger partial charge is 0.0584 e. The van der Waals surface area contributed by atoms with Crippen LogP contribution < -0.4 is 5.32 Å². The minimum absolute atomic E-state index is 0.210. The highest BCUT2D eigenvalue weighted by atomic mass is 16.3. The Morgan fingerprint density at radius 3 is 2.18 bits per heavy atom. The Hall–Kier alpha value is -0.860. The zero-order chi connectivity index (χ0) is 12.7. The maximum atomic E-state index is 9.08. The molecule has 1 atom stereocenters. The maximum Gasteiger partial charge on any atom is 0.0584 e. The van der Waals surface area contributed by atoms with Crippen LogP contribution in [0, 0.1) is 5.92 Å². The molecule has 0 radical (unpaired) electrons. The molecule has 0 aliphatic carbocycles. The van der Waals surface area contributed by atoms with E-state index in [2.05, 4.69) is 50.4 Å². The van der Waals surface area contributed by atoms with Gasteiger partial charge in [-0.25, -0.2) is 0 Å². The molecule has 0 heterocycles. The number of hydrogen-bond donors (Lipinski definition) is 2. The lowest BCUT2D eigenvalue weighted by Crippen LogP contribution is -2.31. The van der Waals surface area contributed by atoms with E-state index in [0.717, 1.165) is 19.4 Å². The molecule has 1 rings (SSSR count). The fourth-order valence-corrected chi connectivity index (χ4v) is 1.86. The zero-order valence-electron chi connectivity index (χ0n) is 11.2. The van der Waals surface area contributed by atoms with Crippen molar-refractivity contribution < 1.29 is 5.11 Å². The molecule has 2 heteroatoms. The Labute approximate surface area is 105 Å². The van der Waals surface area contributed by atoms with Crippen molar-refractivity contribution in [3.8, 4) is 0 Å². The molecule has 0 fully saturated rings. The number of aliphatic hydroxyl groups is 1. The molecule has 0 amide bonds. The monoisotopic (exact) mass is 235 g/mol. The molecule has 0 aliphatic rings. The van der Waals surface area contributed by atoms with Crippen molar-refractivity contribution in [1.82, 2.24) is 5.32 Å². The van der Waals surface area contributed by atoms with Gasteiger partial charge < -0.3 is 10.4 Å². The fourth-order valence-electron chi connectivity index (χ4n) is 1.86. The van der Waals surface area contributed by atoms with E-state index < -0.39 is 0 Å². The second kappa shape index (κ2) is 7.46. The van der Waals surface area contributed by atoms with Crippen LogP contribution in [-0.4, -0.2) is 17.8 Å². The summed E-state index contributed by atoms with van der Waals surface area (Å²) in [6.07, 6.45) is 2.10. The zero-order valence-corrected chi connectivity index (χ0v) is 11.2. The van der Waals surface area contributed by atoms with Crippen molar-refractivity contribution in [2.24, 2.45) is 5.92 Å². The van der Waals surface area contributed by atoms with Crippen LogP contribution >= 0.6 is 0 Å². The first-order chi connectivity index (χ1) is 8.15. The molecule has 1 aromatic carbocycles. The third-order valence-corrected chi connectivity index (χ3v) is 2.97. The number of hydrogen-bond acceptors (Lipinski definition) is 2. The molecule has 0 aliphatic heterocycles. The molecule has 1 unspecified atom stereocenters. The lowest BCUT2D eigenvalue weighted by Gasteiger charge is -2.14. The number of benzene rings is 1. The van der Waals surface area contributed by atoms with E-state index in [9.17, 15) is 0 Å². The first kappa shape index (κ1) is 14.2. The summed E-state index contributed by atoms with van der Waals surface area (Å²) in [7, 11) is 0. The van der Waals surface area contributed by atoms with Crippen LogP contribution in [0.3, 0.4) is 0 Å². The summed E-state index contributed by atoms with van der Waals surface area (Å²) >= 11 is 0. The summed E-state index contributed by atoms with van der Waals surface area (Å²) in [6, 6.07) is 8.97. The van der Waals surface area contributed by atoms with E-state index in [1.54, 1.807) is 0 Å². The average Bonchev–Trinajstić information content (AvgIpc) is 2.32. The van der Waals surface area contributed by atoms with E-state index in [-0.39, 0.29) is 12.6 Å². The normalized spacial score (nSPS) is 13.0. The molecule has 0 saturated carbocycles. The Morgan fingerprint density at radius 1 is 1.12 bits per heavy atom. The van der Waals surface area contributed by atoms with E-state index in [1.165, 1.54) is 11.1 Å². The SMILES string of the molecule is CCC(CO)NCc1ccc(CC(C)C)cc1. The van der Waals surface area contributed by atoms with Gasteiger partial charge in [0.2, 0.25) is 0 Å². The van der Waals surface area contributed by atoms with Gasteiger partial charge in [-0.2, -0.15) is 0 Å². The van der Waals surface area contributed by atoms with E-state index in [0.29, 0.717) is 5.92 Å². The van der Waals surface area contributed by atoms with Gasteiger partial charge in [0.1, 0.15) is 0 Å². The molecule has 0 bridgehead atoms. The van der Waals surface area contributed by atoms with E-state index >= 15 is 0 Å². The van der Waals surface area contributed by atoms with E-state index in [1.807, 2.05) is 0 Å². The first-order valence-corrected chi connectivity index (χ1v) is 6.57. The van der Waals surface area contributed by atoms with Crippen molar-refractivity contribution in [3.05, 3.63) is 35.4 Å². The lowest BCUT2D eigenvalue weighted by molar-refractivity contribution is 0.238. The molecule has 0 saturated heterocycles. The molecule has 2 nitrogen and oxygen atoms in total. The van der Waals surface area contributed by atoms with Gasteiger partial charge in [-0.15, -0.1) is 0 Å². The summed E-state index contributed by atoms with van der Waals surface area (Å²) < 4.78 is 0. The Kier molecular flexibility index (Phi) is 6.23. The van der Waals surface area contributed by atoms with Crippen molar-refractivity contribution in [2.75, 3.05) is 6.61 Å². The molecule has 0 aromatic heterocycles. The molecule has 0 spiro atoms. The summed E-state index contributed by atoms with van der Waals surface area (Å²) in [5, 5.41) is 12.4. The van der Waals surface area contributed by atoms with Crippen LogP contribution in [0.5, 0.6) is 0 Å². The standard InChI is InChI=1S/C15H25NO/c1-4-15(11-17)16-10-14-7-5-13(6-8-14)9-12(2)3/h5-8,12,15-17H,4,9-11H2,1-3H3. The third-order valence-electron chi connectivity index (χ3n) is 2.97. The second-order valence-electron chi connectivity index (χ2n) is 5.08. The van der Waals surface area contributed by atoms with Crippen LogP contribution in [0.1, 0.15) is 38.3 Å². The number of aliphatic hydroxyl groups excluding tert-OH is 1. The number of nitrogens with one attached hydrogen (secondary N) is 1. The van der Waals surface area contributed by atoms with Gasteiger partial charge in [0.15, 0.2) is 0 Å². The van der Waals surface area contributed by atoms with Crippen molar-refractivity contribution in [3.63, 3.8) is 0 Å². The molecule has 1 aromatic rings. The van der Waals surface area contributed by atoms with Gasteiger partial charge in [0, 0.05) is 12.6 Å². The summed E-state index contributed by atoms with van der Waals surface area (Å²) in [5.41, 5.74) is 2.68. The summed E-state index contributed by atoms with van der Waals surface area (Å²) in [5.74, 6) is 0.706. The summed E-state index contributed by atoms with van der Waals surface area (Å²) in [6.45, 7) is 7.60. The second-order valence-corrected chi connectivity index (χ2v) is 5.08. The van der Waals surface area contributed by atoms with Crippen LogP contribution in [0.2, 0.25) is 0 Å². The fraction of sp³-hybridized carbons (Fsp3) is 0.600. The molecular formula is C15H25NO. The first-order valence-electron chi connectivity index (χ1n) is 6.57. The van der Waals surface area contributed by atoms with Crippen molar-refractivity contribution in [1.29, 1.82) is 0 Å². The van der Waals surface area contributed by atoms with Crippen molar-refractivity contribution in [2.45, 2.75) is 46.2 Å². The molecule has 96 valence electrons. The topological polar surface area (TPSA) is 32.3 Å². The summed E-state index contributed by atoms with van der Waals surface area (Å²) in [4.78, 5) is 0. The average molecular weight is 235 g/mol. The van der Waals surface area contributed by atoms with Crippen LogP contribution in [-0.2, 0) is 13.0 Å². The van der Waals surface area contributed by atoms with Gasteiger partial charge >= 0.3 is 0 Å². The predicted octanol–water partition coefficient (Wildman–Crippen LogP) is 2.75. The van der Waals surface area contributed by atoms with Gasteiger partial charge in [-0.05, 0) is 29.9 Å². The van der Waals surface area contributed by atoms with Crippen LogP contribution in [0.4, 0.5) is 0 Å². The largest absolute Gasteiger partial charge is 0.395 e. The number of rotatable bonds is 7. The van der Waals surface area contributed by atoms with Crippen molar-refractivity contribution >= 4 is 0 Å². The minimum atomic E-state index is 0.210. The van der Waals surface area contributed by atoms with E-state index in [4.69, 9.17) is 5.11 Å². The minimum Gasteiger partial charge on any atom is -0.395 e. The quantitative estimate of drug-likeness (QED) is 0.761. The molecular weight excluding hydrogens is 210 g/mol. The van der Waals surface area contributed by atoms with Gasteiger partial charge in [-0.1, -0.05) is 45.0 Å². The van der Waals surface area contributed by atoms with Gasteiger partial charge in [0.05, 0.1) is 6.61 Å². The van der Waals surface area contributed by atoms with Gasteiger partial charge in [0.25, 0.3) is 0 Å². The third kappa shape index (κ3) is 5.33. The predicted molar refractivity (Wildman–Crippen MR) is 73.0 cm³/mol. The highest BCUT2D eigenvalue weighted by Gasteiger charge is 2.03.